The Hall–Kier alpha value is -0.900. The molecule has 2 aliphatic heterocycles. The third kappa shape index (κ3) is 2.62. The summed E-state index contributed by atoms with van der Waals surface area (Å²) in [6.07, 6.45) is 1.22. The zero-order valence-electron chi connectivity index (χ0n) is 13.0. The highest BCUT2D eigenvalue weighted by molar-refractivity contribution is 5.31. The Kier molecular flexibility index (Phi) is 4.11. The summed E-state index contributed by atoms with van der Waals surface area (Å²) in [6.45, 7) is 9.20. The van der Waals surface area contributed by atoms with E-state index in [1.54, 1.807) is 5.56 Å². The van der Waals surface area contributed by atoms with Crippen molar-refractivity contribution in [2.24, 2.45) is 0 Å². The molecule has 110 valence electrons. The van der Waals surface area contributed by atoms with Gasteiger partial charge in [0.15, 0.2) is 0 Å². The third-order valence-electron chi connectivity index (χ3n) is 5.15. The van der Waals surface area contributed by atoms with Crippen LogP contribution in [0.3, 0.4) is 0 Å². The molecule has 2 aliphatic rings. The van der Waals surface area contributed by atoms with Crippen LogP contribution >= 0.6 is 0 Å². The first-order valence-corrected chi connectivity index (χ1v) is 7.91. The van der Waals surface area contributed by atoms with E-state index in [9.17, 15) is 0 Å². The standard InChI is InChI=1S/C17H27N3/c1-13-11-20(12-14(2)19(13)3)17-8-9-18-10-15-6-4-5-7-16(15)17/h4-7,13-14,17-18H,8-12H2,1-3H3. The number of piperazine rings is 1. The number of hydrogen-bond acceptors (Lipinski definition) is 3. The van der Waals surface area contributed by atoms with Gasteiger partial charge >= 0.3 is 0 Å². The molecule has 0 bridgehead atoms. The molecule has 1 aromatic carbocycles. The molecule has 0 aliphatic carbocycles. The van der Waals surface area contributed by atoms with Gasteiger partial charge in [0.25, 0.3) is 0 Å². The first-order chi connectivity index (χ1) is 9.66. The van der Waals surface area contributed by atoms with Crippen molar-refractivity contribution < 1.29 is 0 Å². The molecule has 0 amide bonds. The highest BCUT2D eigenvalue weighted by Crippen LogP contribution is 2.31. The number of benzene rings is 1. The van der Waals surface area contributed by atoms with Crippen LogP contribution in [0.15, 0.2) is 24.3 Å². The maximum Gasteiger partial charge on any atom is 0.0364 e. The summed E-state index contributed by atoms with van der Waals surface area (Å²) < 4.78 is 0. The molecule has 1 fully saturated rings. The summed E-state index contributed by atoms with van der Waals surface area (Å²) >= 11 is 0. The van der Waals surface area contributed by atoms with Crippen LogP contribution in [0, 0.1) is 0 Å². The van der Waals surface area contributed by atoms with Gasteiger partial charge in [0.05, 0.1) is 0 Å². The normalized spacial score (nSPS) is 32.6. The molecule has 0 saturated carbocycles. The average Bonchev–Trinajstić information content (AvgIpc) is 2.66. The van der Waals surface area contributed by atoms with Crippen LogP contribution in [0.2, 0.25) is 0 Å². The Balaban J connectivity index is 1.86. The molecule has 3 rings (SSSR count). The van der Waals surface area contributed by atoms with Gasteiger partial charge in [0, 0.05) is 37.8 Å². The molecule has 0 spiro atoms. The van der Waals surface area contributed by atoms with E-state index < -0.39 is 0 Å². The van der Waals surface area contributed by atoms with E-state index in [4.69, 9.17) is 0 Å². The molecule has 1 saturated heterocycles. The van der Waals surface area contributed by atoms with Crippen LogP contribution in [0.1, 0.15) is 37.4 Å². The topological polar surface area (TPSA) is 18.5 Å². The van der Waals surface area contributed by atoms with Crippen molar-refractivity contribution in [2.45, 2.75) is 44.9 Å². The lowest BCUT2D eigenvalue weighted by molar-refractivity contribution is 0.0312. The Labute approximate surface area is 123 Å². The van der Waals surface area contributed by atoms with Gasteiger partial charge in [0.2, 0.25) is 0 Å². The summed E-state index contributed by atoms with van der Waals surface area (Å²) in [5.41, 5.74) is 3.02. The second kappa shape index (κ2) is 5.84. The van der Waals surface area contributed by atoms with Crippen LogP contribution in [-0.2, 0) is 6.54 Å². The van der Waals surface area contributed by atoms with Gasteiger partial charge in [-0.2, -0.15) is 0 Å². The molecule has 3 atom stereocenters. The molecule has 3 heteroatoms. The van der Waals surface area contributed by atoms with Crippen LogP contribution in [0.4, 0.5) is 0 Å². The van der Waals surface area contributed by atoms with E-state index in [-0.39, 0.29) is 0 Å². The van der Waals surface area contributed by atoms with Gasteiger partial charge in [-0.1, -0.05) is 24.3 Å². The Morgan fingerprint density at radius 2 is 1.80 bits per heavy atom. The first kappa shape index (κ1) is 14.1. The molecule has 20 heavy (non-hydrogen) atoms. The fourth-order valence-corrected chi connectivity index (χ4v) is 3.72. The van der Waals surface area contributed by atoms with E-state index in [1.807, 2.05) is 0 Å². The van der Waals surface area contributed by atoms with E-state index in [0.717, 1.165) is 13.1 Å². The van der Waals surface area contributed by atoms with E-state index in [2.05, 4.69) is 60.3 Å². The lowest BCUT2D eigenvalue weighted by atomic mass is 9.95. The number of nitrogens with one attached hydrogen (secondary N) is 1. The predicted molar refractivity (Wildman–Crippen MR) is 83.8 cm³/mol. The first-order valence-electron chi connectivity index (χ1n) is 7.91. The zero-order valence-corrected chi connectivity index (χ0v) is 13.0. The lowest BCUT2D eigenvalue weighted by Crippen LogP contribution is -2.55. The Morgan fingerprint density at radius 1 is 1.10 bits per heavy atom. The largest absolute Gasteiger partial charge is 0.313 e. The number of rotatable bonds is 1. The number of hydrogen-bond donors (Lipinski definition) is 1. The number of nitrogens with zero attached hydrogens (tertiary/aromatic N) is 2. The van der Waals surface area contributed by atoms with Crippen LogP contribution < -0.4 is 5.32 Å². The van der Waals surface area contributed by atoms with Crippen molar-refractivity contribution in [3.8, 4) is 0 Å². The monoisotopic (exact) mass is 273 g/mol. The van der Waals surface area contributed by atoms with Crippen molar-refractivity contribution in [2.75, 3.05) is 26.7 Å². The predicted octanol–water partition coefficient (Wildman–Crippen LogP) is 2.25. The van der Waals surface area contributed by atoms with Crippen molar-refractivity contribution in [3.05, 3.63) is 35.4 Å². The Morgan fingerprint density at radius 3 is 2.55 bits per heavy atom. The second-order valence-electron chi connectivity index (χ2n) is 6.50. The minimum absolute atomic E-state index is 0.583. The fourth-order valence-electron chi connectivity index (χ4n) is 3.72. The Bertz CT molecular complexity index is 447. The summed E-state index contributed by atoms with van der Waals surface area (Å²) in [5, 5.41) is 3.57. The summed E-state index contributed by atoms with van der Waals surface area (Å²) in [4.78, 5) is 5.22. The van der Waals surface area contributed by atoms with Gasteiger partial charge in [-0.05, 0) is 45.0 Å². The molecule has 0 radical (unpaired) electrons. The van der Waals surface area contributed by atoms with Gasteiger partial charge < -0.3 is 5.32 Å². The van der Waals surface area contributed by atoms with E-state index in [1.165, 1.54) is 25.1 Å². The van der Waals surface area contributed by atoms with Gasteiger partial charge in [0.1, 0.15) is 0 Å². The smallest absolute Gasteiger partial charge is 0.0364 e. The SMILES string of the molecule is CC1CN(C2CCNCc3ccccc32)CC(C)N1C. The highest BCUT2D eigenvalue weighted by Gasteiger charge is 2.32. The maximum absolute atomic E-state index is 3.57. The number of fused-ring (bicyclic) bond motifs is 1. The minimum Gasteiger partial charge on any atom is -0.313 e. The van der Waals surface area contributed by atoms with Gasteiger partial charge in [-0.25, -0.2) is 0 Å². The molecule has 2 heterocycles. The van der Waals surface area contributed by atoms with Gasteiger partial charge in [-0.3, -0.25) is 9.80 Å². The van der Waals surface area contributed by atoms with Crippen molar-refractivity contribution in [3.63, 3.8) is 0 Å². The zero-order chi connectivity index (χ0) is 14.1. The molecule has 1 aromatic rings. The summed E-state index contributed by atoms with van der Waals surface area (Å²) in [5.74, 6) is 0. The molecule has 3 nitrogen and oxygen atoms in total. The molecule has 3 unspecified atom stereocenters. The third-order valence-corrected chi connectivity index (χ3v) is 5.15. The number of likely N-dealkylation sites (N-methyl/N-ethyl adjacent to an activating group) is 1. The highest BCUT2D eigenvalue weighted by atomic mass is 15.3. The molecule has 1 N–H and O–H groups in total. The van der Waals surface area contributed by atoms with Gasteiger partial charge in [-0.15, -0.1) is 0 Å². The second-order valence-corrected chi connectivity index (χ2v) is 6.50. The van der Waals surface area contributed by atoms with Crippen molar-refractivity contribution in [1.29, 1.82) is 0 Å². The van der Waals surface area contributed by atoms with Crippen LogP contribution in [0.25, 0.3) is 0 Å². The molecular formula is C17H27N3. The average molecular weight is 273 g/mol. The minimum atomic E-state index is 0.583. The fraction of sp³-hybridized carbons (Fsp3) is 0.647. The lowest BCUT2D eigenvalue weighted by Gasteiger charge is -2.45. The summed E-state index contributed by atoms with van der Waals surface area (Å²) in [6, 6.07) is 10.8. The molecular weight excluding hydrogens is 246 g/mol. The van der Waals surface area contributed by atoms with E-state index >= 15 is 0 Å². The quantitative estimate of drug-likeness (QED) is 0.846. The van der Waals surface area contributed by atoms with Crippen LogP contribution in [0.5, 0.6) is 0 Å². The summed E-state index contributed by atoms with van der Waals surface area (Å²) in [7, 11) is 2.26. The van der Waals surface area contributed by atoms with Crippen molar-refractivity contribution in [1.82, 2.24) is 15.1 Å². The maximum atomic E-state index is 3.57. The van der Waals surface area contributed by atoms with Crippen LogP contribution in [-0.4, -0.2) is 48.6 Å². The van der Waals surface area contributed by atoms with E-state index in [0.29, 0.717) is 18.1 Å². The molecule has 0 aromatic heterocycles. The van der Waals surface area contributed by atoms with Crippen molar-refractivity contribution >= 4 is 0 Å².